The van der Waals surface area contributed by atoms with Gasteiger partial charge in [0.15, 0.2) is 0 Å². The van der Waals surface area contributed by atoms with Crippen LogP contribution in [0.3, 0.4) is 0 Å². The molecule has 0 spiro atoms. The first kappa shape index (κ1) is 14.6. The highest BCUT2D eigenvalue weighted by molar-refractivity contribution is 7.99. The summed E-state index contributed by atoms with van der Waals surface area (Å²) in [5.41, 5.74) is 4.20. The van der Waals surface area contributed by atoms with Gasteiger partial charge in [0.25, 0.3) is 0 Å². The third-order valence-corrected chi connectivity index (χ3v) is 4.23. The highest BCUT2D eigenvalue weighted by Crippen LogP contribution is 2.23. The Labute approximate surface area is 110 Å². The molecule has 0 bridgehead atoms. The molecule has 1 nitrogen and oxygen atoms in total. The minimum Gasteiger partial charge on any atom is -0.312 e. The molecule has 1 aromatic rings. The molecule has 0 aromatic heterocycles. The van der Waals surface area contributed by atoms with E-state index in [1.54, 1.807) is 0 Å². The van der Waals surface area contributed by atoms with Crippen molar-refractivity contribution in [3.05, 3.63) is 34.9 Å². The van der Waals surface area contributed by atoms with Crippen molar-refractivity contribution in [3.63, 3.8) is 0 Å². The first-order valence-electron chi connectivity index (χ1n) is 6.51. The van der Waals surface area contributed by atoms with E-state index in [0.717, 1.165) is 0 Å². The van der Waals surface area contributed by atoms with E-state index >= 15 is 0 Å². The minimum absolute atomic E-state index is 0.483. The topological polar surface area (TPSA) is 12.0 Å². The second-order valence-corrected chi connectivity index (χ2v) is 5.78. The second kappa shape index (κ2) is 7.78. The summed E-state index contributed by atoms with van der Waals surface area (Å²) < 4.78 is 0. The lowest BCUT2D eigenvalue weighted by atomic mass is 10.0. The molecule has 0 saturated heterocycles. The molecule has 1 aromatic carbocycles. The molecule has 0 heterocycles. The van der Waals surface area contributed by atoms with Crippen molar-refractivity contribution >= 4 is 11.8 Å². The van der Waals surface area contributed by atoms with Crippen LogP contribution in [0.5, 0.6) is 0 Å². The van der Waals surface area contributed by atoms with E-state index in [1.807, 2.05) is 0 Å². The van der Waals surface area contributed by atoms with Gasteiger partial charge < -0.3 is 5.32 Å². The van der Waals surface area contributed by atoms with Gasteiger partial charge in [-0.05, 0) is 44.2 Å². The standard InChI is InChI=1S/C15H25NS/c1-5-6-9-17-11-15(16-4)14-10-12(2)7-8-13(14)3/h7-8,10,15-16H,5-6,9,11H2,1-4H3. The van der Waals surface area contributed by atoms with Crippen molar-refractivity contribution in [1.29, 1.82) is 0 Å². The fourth-order valence-electron chi connectivity index (χ4n) is 1.91. The van der Waals surface area contributed by atoms with Gasteiger partial charge in [0.1, 0.15) is 0 Å². The first-order chi connectivity index (χ1) is 8.19. The first-order valence-corrected chi connectivity index (χ1v) is 7.66. The van der Waals surface area contributed by atoms with Crippen LogP contribution in [0, 0.1) is 13.8 Å². The van der Waals surface area contributed by atoms with E-state index in [9.17, 15) is 0 Å². The summed E-state index contributed by atoms with van der Waals surface area (Å²) >= 11 is 2.06. The largest absolute Gasteiger partial charge is 0.312 e. The van der Waals surface area contributed by atoms with Crippen molar-refractivity contribution < 1.29 is 0 Å². The molecule has 0 radical (unpaired) electrons. The Morgan fingerprint density at radius 2 is 2.06 bits per heavy atom. The quantitative estimate of drug-likeness (QED) is 0.732. The molecular weight excluding hydrogens is 226 g/mol. The van der Waals surface area contributed by atoms with E-state index in [0.29, 0.717) is 6.04 Å². The number of aryl methyl sites for hydroxylation is 2. The van der Waals surface area contributed by atoms with Gasteiger partial charge >= 0.3 is 0 Å². The Balaban J connectivity index is 2.62. The summed E-state index contributed by atoms with van der Waals surface area (Å²) in [6.07, 6.45) is 2.62. The number of unbranched alkanes of at least 4 members (excludes halogenated alkanes) is 1. The van der Waals surface area contributed by atoms with E-state index in [-0.39, 0.29) is 0 Å². The zero-order valence-electron chi connectivity index (χ0n) is 11.5. The predicted octanol–water partition coefficient (Wildman–Crippen LogP) is 4.10. The maximum atomic E-state index is 3.44. The number of thioether (sulfide) groups is 1. The van der Waals surface area contributed by atoms with Gasteiger partial charge in [-0.1, -0.05) is 37.1 Å². The molecule has 0 fully saturated rings. The highest BCUT2D eigenvalue weighted by Gasteiger charge is 2.11. The molecule has 96 valence electrons. The maximum absolute atomic E-state index is 3.44. The molecule has 1 atom stereocenters. The van der Waals surface area contributed by atoms with Crippen molar-refractivity contribution in [3.8, 4) is 0 Å². The van der Waals surface area contributed by atoms with E-state index in [1.165, 1.54) is 41.0 Å². The Bertz CT molecular complexity index is 336. The Kier molecular flexibility index (Phi) is 6.68. The fourth-order valence-corrected chi connectivity index (χ4v) is 3.15. The third kappa shape index (κ3) is 4.72. The number of hydrogen-bond donors (Lipinski definition) is 1. The minimum atomic E-state index is 0.483. The summed E-state index contributed by atoms with van der Waals surface area (Å²) in [5, 5.41) is 3.44. The third-order valence-electron chi connectivity index (χ3n) is 3.09. The summed E-state index contributed by atoms with van der Waals surface area (Å²) in [4.78, 5) is 0. The van der Waals surface area contributed by atoms with Crippen LogP contribution < -0.4 is 5.32 Å². The van der Waals surface area contributed by atoms with E-state index in [2.05, 4.69) is 63.1 Å². The van der Waals surface area contributed by atoms with Gasteiger partial charge in [-0.25, -0.2) is 0 Å². The lowest BCUT2D eigenvalue weighted by molar-refractivity contribution is 0.657. The number of benzene rings is 1. The monoisotopic (exact) mass is 251 g/mol. The zero-order valence-corrected chi connectivity index (χ0v) is 12.4. The van der Waals surface area contributed by atoms with Gasteiger partial charge in [-0.2, -0.15) is 11.8 Å². The van der Waals surface area contributed by atoms with Crippen LogP contribution >= 0.6 is 11.8 Å². The lowest BCUT2D eigenvalue weighted by Crippen LogP contribution is -2.20. The molecule has 0 aliphatic carbocycles. The lowest BCUT2D eigenvalue weighted by Gasteiger charge is -2.19. The highest BCUT2D eigenvalue weighted by atomic mass is 32.2. The van der Waals surface area contributed by atoms with Crippen LogP contribution in [0.25, 0.3) is 0 Å². The smallest absolute Gasteiger partial charge is 0.0412 e. The van der Waals surface area contributed by atoms with Gasteiger partial charge in [0.2, 0.25) is 0 Å². The molecule has 17 heavy (non-hydrogen) atoms. The summed E-state index contributed by atoms with van der Waals surface area (Å²) in [6, 6.07) is 7.22. The SMILES string of the molecule is CCCCSCC(NC)c1cc(C)ccc1C. The summed E-state index contributed by atoms with van der Waals surface area (Å²) in [6.45, 7) is 6.62. The second-order valence-electron chi connectivity index (χ2n) is 4.63. The molecular formula is C15H25NS. The van der Waals surface area contributed by atoms with Gasteiger partial charge in [0.05, 0.1) is 0 Å². The average Bonchev–Trinajstić information content (AvgIpc) is 2.33. The van der Waals surface area contributed by atoms with Gasteiger partial charge in [-0.15, -0.1) is 0 Å². The van der Waals surface area contributed by atoms with E-state index in [4.69, 9.17) is 0 Å². The molecule has 0 saturated carbocycles. The molecule has 1 rings (SSSR count). The number of nitrogens with one attached hydrogen (secondary N) is 1. The molecule has 1 N–H and O–H groups in total. The van der Waals surface area contributed by atoms with Gasteiger partial charge in [-0.3, -0.25) is 0 Å². The maximum Gasteiger partial charge on any atom is 0.0412 e. The molecule has 0 aliphatic heterocycles. The van der Waals surface area contributed by atoms with E-state index < -0.39 is 0 Å². The fraction of sp³-hybridized carbons (Fsp3) is 0.600. The Morgan fingerprint density at radius 1 is 1.29 bits per heavy atom. The van der Waals surface area contributed by atoms with Crippen molar-refractivity contribution in [1.82, 2.24) is 5.32 Å². The molecule has 2 heteroatoms. The predicted molar refractivity (Wildman–Crippen MR) is 79.9 cm³/mol. The van der Waals surface area contributed by atoms with Crippen LogP contribution in [0.2, 0.25) is 0 Å². The van der Waals surface area contributed by atoms with Crippen LogP contribution in [-0.2, 0) is 0 Å². The van der Waals surface area contributed by atoms with Crippen LogP contribution in [-0.4, -0.2) is 18.6 Å². The van der Waals surface area contributed by atoms with Crippen LogP contribution in [0.4, 0.5) is 0 Å². The Morgan fingerprint density at radius 3 is 2.71 bits per heavy atom. The average molecular weight is 251 g/mol. The molecule has 0 amide bonds. The van der Waals surface area contributed by atoms with Crippen LogP contribution in [0.1, 0.15) is 42.5 Å². The van der Waals surface area contributed by atoms with Crippen molar-refractivity contribution in [2.24, 2.45) is 0 Å². The molecule has 1 unspecified atom stereocenters. The van der Waals surface area contributed by atoms with Gasteiger partial charge in [0, 0.05) is 11.8 Å². The Hall–Kier alpha value is -0.470. The van der Waals surface area contributed by atoms with Crippen LogP contribution in [0.15, 0.2) is 18.2 Å². The zero-order chi connectivity index (χ0) is 12.7. The van der Waals surface area contributed by atoms with Crippen molar-refractivity contribution in [2.75, 3.05) is 18.6 Å². The number of rotatable bonds is 7. The van der Waals surface area contributed by atoms with Crippen molar-refractivity contribution in [2.45, 2.75) is 39.7 Å². The summed E-state index contributed by atoms with van der Waals surface area (Å²) in [7, 11) is 2.06. The normalized spacial score (nSPS) is 12.7. The summed E-state index contributed by atoms with van der Waals surface area (Å²) in [5.74, 6) is 2.44. The number of hydrogen-bond acceptors (Lipinski definition) is 2. The molecule has 0 aliphatic rings.